The van der Waals surface area contributed by atoms with Crippen LogP contribution in [0.4, 0.5) is 8.78 Å². The van der Waals surface area contributed by atoms with Crippen LogP contribution in [0.5, 0.6) is 0 Å². The van der Waals surface area contributed by atoms with Crippen molar-refractivity contribution in [3.8, 4) is 0 Å². The highest BCUT2D eigenvalue weighted by molar-refractivity contribution is 5.21. The fourth-order valence-electron chi connectivity index (χ4n) is 1.69. The molecule has 1 rings (SSSR count). The molecular formula is C13H17F2NO. The lowest BCUT2D eigenvalue weighted by atomic mass is 10.1. The maximum atomic E-state index is 13.4. The van der Waals surface area contributed by atoms with Gasteiger partial charge in [0.1, 0.15) is 11.6 Å². The first-order valence-corrected chi connectivity index (χ1v) is 5.36. The van der Waals surface area contributed by atoms with Crippen LogP contribution in [-0.2, 0) is 0 Å². The molecule has 94 valence electrons. The Hall–Kier alpha value is -1.26. The van der Waals surface area contributed by atoms with Gasteiger partial charge in [-0.25, -0.2) is 8.78 Å². The number of likely N-dealkylation sites (N-methyl/N-ethyl adjacent to an activating group) is 1. The van der Waals surface area contributed by atoms with Crippen LogP contribution >= 0.6 is 0 Å². The van der Waals surface area contributed by atoms with Crippen molar-refractivity contribution >= 4 is 0 Å². The van der Waals surface area contributed by atoms with Crippen LogP contribution in [0.2, 0.25) is 0 Å². The van der Waals surface area contributed by atoms with E-state index in [2.05, 4.69) is 6.58 Å². The third-order valence-electron chi connectivity index (χ3n) is 2.34. The number of rotatable bonds is 5. The Kier molecular flexibility index (Phi) is 4.78. The van der Waals surface area contributed by atoms with Crippen LogP contribution in [0, 0.1) is 11.6 Å². The minimum absolute atomic E-state index is 0.0152. The summed E-state index contributed by atoms with van der Waals surface area (Å²) in [5.41, 5.74) is 0.929. The van der Waals surface area contributed by atoms with E-state index in [9.17, 15) is 13.9 Å². The first-order chi connectivity index (χ1) is 7.90. The van der Waals surface area contributed by atoms with Crippen molar-refractivity contribution in [3.63, 3.8) is 0 Å². The van der Waals surface area contributed by atoms with Crippen LogP contribution in [0.25, 0.3) is 0 Å². The summed E-state index contributed by atoms with van der Waals surface area (Å²) in [7, 11) is 1.79. The van der Waals surface area contributed by atoms with Crippen molar-refractivity contribution in [2.24, 2.45) is 0 Å². The largest absolute Gasteiger partial charge is 0.387 e. The van der Waals surface area contributed by atoms with Crippen molar-refractivity contribution in [2.75, 3.05) is 20.1 Å². The van der Waals surface area contributed by atoms with Gasteiger partial charge in [-0.2, -0.15) is 0 Å². The molecule has 17 heavy (non-hydrogen) atoms. The van der Waals surface area contributed by atoms with E-state index >= 15 is 0 Å². The van der Waals surface area contributed by atoms with Gasteiger partial charge in [-0.1, -0.05) is 12.2 Å². The number of hydrogen-bond donors (Lipinski definition) is 1. The van der Waals surface area contributed by atoms with Gasteiger partial charge in [-0.15, -0.1) is 0 Å². The topological polar surface area (TPSA) is 23.5 Å². The molecule has 1 aromatic rings. The number of aliphatic hydroxyl groups is 1. The monoisotopic (exact) mass is 241 g/mol. The van der Waals surface area contributed by atoms with Crippen molar-refractivity contribution in [2.45, 2.75) is 13.0 Å². The number of halogens is 2. The summed E-state index contributed by atoms with van der Waals surface area (Å²) in [6.45, 7) is 6.45. The summed E-state index contributed by atoms with van der Waals surface area (Å²) in [6.07, 6.45) is -1.05. The number of aliphatic hydroxyl groups excluding tert-OH is 1. The molecule has 0 heterocycles. The summed E-state index contributed by atoms with van der Waals surface area (Å²) in [4.78, 5) is 1.80. The second kappa shape index (κ2) is 5.89. The average molecular weight is 241 g/mol. The molecule has 2 nitrogen and oxygen atoms in total. The number of hydrogen-bond acceptors (Lipinski definition) is 2. The molecule has 0 fully saturated rings. The molecular weight excluding hydrogens is 224 g/mol. The maximum Gasteiger partial charge on any atom is 0.129 e. The summed E-state index contributed by atoms with van der Waals surface area (Å²) in [5, 5.41) is 9.83. The van der Waals surface area contributed by atoms with E-state index in [1.807, 2.05) is 6.92 Å². The zero-order valence-corrected chi connectivity index (χ0v) is 10.1. The van der Waals surface area contributed by atoms with E-state index in [0.717, 1.165) is 23.8 Å². The molecule has 1 N–H and O–H groups in total. The van der Waals surface area contributed by atoms with E-state index in [1.54, 1.807) is 11.9 Å². The predicted octanol–water partition coefficient (Wildman–Crippen LogP) is 2.51. The normalized spacial score (nSPS) is 12.8. The molecule has 0 bridgehead atoms. The highest BCUT2D eigenvalue weighted by Gasteiger charge is 2.15. The van der Waals surface area contributed by atoms with Crippen molar-refractivity contribution < 1.29 is 13.9 Å². The van der Waals surface area contributed by atoms with Crippen molar-refractivity contribution in [1.82, 2.24) is 4.90 Å². The van der Waals surface area contributed by atoms with E-state index in [1.165, 1.54) is 0 Å². The van der Waals surface area contributed by atoms with Gasteiger partial charge >= 0.3 is 0 Å². The van der Waals surface area contributed by atoms with Crippen LogP contribution in [0.15, 0.2) is 30.4 Å². The molecule has 1 atom stereocenters. The fraction of sp³-hybridized carbons (Fsp3) is 0.385. The first kappa shape index (κ1) is 13.8. The van der Waals surface area contributed by atoms with Crippen LogP contribution in [-0.4, -0.2) is 30.1 Å². The molecule has 0 aromatic heterocycles. The summed E-state index contributed by atoms with van der Waals surface area (Å²) < 4.78 is 26.3. The molecule has 0 spiro atoms. The van der Waals surface area contributed by atoms with E-state index in [-0.39, 0.29) is 12.1 Å². The quantitative estimate of drug-likeness (QED) is 0.801. The summed E-state index contributed by atoms with van der Waals surface area (Å²) in [6, 6.07) is 3.07. The standard InChI is InChI=1S/C13H17F2NO/c1-9(2)7-16(3)8-13(17)11-6-10(14)4-5-12(11)15/h4-6,13,17H,1,7-8H2,2-3H3. The molecule has 0 radical (unpaired) electrons. The summed E-state index contributed by atoms with van der Waals surface area (Å²) in [5.74, 6) is -1.15. The third-order valence-corrected chi connectivity index (χ3v) is 2.34. The van der Waals surface area contributed by atoms with Crippen molar-refractivity contribution in [1.29, 1.82) is 0 Å². The number of benzene rings is 1. The lowest BCUT2D eigenvalue weighted by Crippen LogP contribution is -2.26. The van der Waals surface area contributed by atoms with Gasteiger partial charge in [0.15, 0.2) is 0 Å². The van der Waals surface area contributed by atoms with Crippen molar-refractivity contribution in [3.05, 3.63) is 47.5 Å². The molecule has 0 aliphatic rings. The van der Waals surface area contributed by atoms with Gasteiger partial charge in [0.25, 0.3) is 0 Å². The molecule has 1 aromatic carbocycles. The van der Waals surface area contributed by atoms with E-state index < -0.39 is 17.7 Å². The minimum Gasteiger partial charge on any atom is -0.387 e. The third kappa shape index (κ3) is 4.24. The zero-order chi connectivity index (χ0) is 13.0. The van der Waals surface area contributed by atoms with Crippen LogP contribution < -0.4 is 0 Å². The Morgan fingerprint density at radius 1 is 1.47 bits per heavy atom. The second-order valence-corrected chi connectivity index (χ2v) is 4.34. The number of nitrogens with zero attached hydrogens (tertiary/aromatic N) is 1. The maximum absolute atomic E-state index is 13.4. The van der Waals surface area contributed by atoms with Gasteiger partial charge in [-0.05, 0) is 32.2 Å². The Morgan fingerprint density at radius 2 is 2.12 bits per heavy atom. The predicted molar refractivity (Wildman–Crippen MR) is 63.6 cm³/mol. The Balaban J connectivity index is 2.72. The molecule has 0 saturated carbocycles. The molecule has 4 heteroatoms. The zero-order valence-electron chi connectivity index (χ0n) is 10.1. The first-order valence-electron chi connectivity index (χ1n) is 5.36. The molecule has 0 saturated heterocycles. The van der Waals surface area contributed by atoms with E-state index in [0.29, 0.717) is 6.54 Å². The van der Waals surface area contributed by atoms with E-state index in [4.69, 9.17) is 0 Å². The van der Waals surface area contributed by atoms with Gasteiger partial charge < -0.3 is 5.11 Å². The van der Waals surface area contributed by atoms with Crippen LogP contribution in [0.1, 0.15) is 18.6 Å². The highest BCUT2D eigenvalue weighted by Crippen LogP contribution is 2.19. The van der Waals surface area contributed by atoms with Gasteiger partial charge in [0, 0.05) is 18.7 Å². The molecule has 0 amide bonds. The highest BCUT2D eigenvalue weighted by atomic mass is 19.1. The Bertz CT molecular complexity index is 406. The second-order valence-electron chi connectivity index (χ2n) is 4.34. The Morgan fingerprint density at radius 3 is 2.71 bits per heavy atom. The van der Waals surface area contributed by atoms with Gasteiger partial charge in [0.05, 0.1) is 6.10 Å². The molecule has 0 aliphatic carbocycles. The lowest BCUT2D eigenvalue weighted by Gasteiger charge is -2.21. The van der Waals surface area contributed by atoms with Gasteiger partial charge in [0.2, 0.25) is 0 Å². The average Bonchev–Trinajstić information content (AvgIpc) is 2.20. The molecule has 0 aliphatic heterocycles. The SMILES string of the molecule is C=C(C)CN(C)CC(O)c1cc(F)ccc1F. The smallest absolute Gasteiger partial charge is 0.129 e. The molecule has 1 unspecified atom stereocenters. The summed E-state index contributed by atoms with van der Waals surface area (Å²) >= 11 is 0. The lowest BCUT2D eigenvalue weighted by molar-refractivity contribution is 0.127. The minimum atomic E-state index is -1.05. The fourth-order valence-corrected chi connectivity index (χ4v) is 1.69. The van der Waals surface area contributed by atoms with Crippen LogP contribution in [0.3, 0.4) is 0 Å². The van der Waals surface area contributed by atoms with Gasteiger partial charge in [-0.3, -0.25) is 4.90 Å². The Labute approximate surface area is 100 Å².